The number of nitrogens with zero attached hydrogens (tertiary/aromatic N) is 1. The molecular weight excluding hydrogens is 380 g/mol. The van der Waals surface area contributed by atoms with Crippen LogP contribution in [0.5, 0.6) is 0 Å². The molecule has 0 saturated carbocycles. The number of hydrogen-bond acceptors (Lipinski definition) is 6. The number of carbonyl (C=O) groups excluding carboxylic acids is 2. The number of rotatable bonds is 6. The molecule has 0 spiro atoms. The molecule has 0 fully saturated rings. The van der Waals surface area contributed by atoms with Crippen LogP contribution in [0.2, 0.25) is 0 Å². The van der Waals surface area contributed by atoms with Gasteiger partial charge in [0.1, 0.15) is 0 Å². The first kappa shape index (κ1) is 18.6. The summed E-state index contributed by atoms with van der Waals surface area (Å²) in [6.07, 6.45) is 1.76. The first-order valence-electron chi connectivity index (χ1n) is 7.92. The van der Waals surface area contributed by atoms with Crippen molar-refractivity contribution in [3.05, 3.63) is 74.6 Å². The molecule has 0 aliphatic rings. The van der Waals surface area contributed by atoms with Gasteiger partial charge in [-0.1, -0.05) is 18.2 Å². The second-order valence-electron chi connectivity index (χ2n) is 5.37. The van der Waals surface area contributed by atoms with Crippen LogP contribution in [0.3, 0.4) is 0 Å². The van der Waals surface area contributed by atoms with E-state index >= 15 is 0 Å². The summed E-state index contributed by atoms with van der Waals surface area (Å²) in [5.41, 5.74) is 1.32. The Kier molecular flexibility index (Phi) is 6.15. The molecule has 0 aliphatic carbocycles. The highest BCUT2D eigenvalue weighted by Gasteiger charge is 2.17. The molecule has 0 aliphatic heterocycles. The molecule has 0 radical (unpaired) electrons. The lowest BCUT2D eigenvalue weighted by Gasteiger charge is -2.08. The fourth-order valence-electron chi connectivity index (χ4n) is 2.25. The second-order valence-corrected chi connectivity index (χ2v) is 7.29. The Morgan fingerprint density at radius 3 is 2.63 bits per heavy atom. The summed E-state index contributed by atoms with van der Waals surface area (Å²) in [4.78, 5) is 26.3. The van der Waals surface area contributed by atoms with Gasteiger partial charge in [-0.25, -0.2) is 4.79 Å². The van der Waals surface area contributed by atoms with Crippen LogP contribution < -0.4 is 5.32 Å². The molecule has 134 valence electrons. The average molecular weight is 394 g/mol. The molecule has 1 aromatic carbocycles. The minimum Gasteiger partial charge on any atom is -0.452 e. The highest BCUT2D eigenvalue weighted by molar-refractivity contribution is 7.12. The fourth-order valence-corrected chi connectivity index (χ4v) is 3.64. The first-order chi connectivity index (χ1) is 13.2. The summed E-state index contributed by atoms with van der Waals surface area (Å²) >= 11 is 2.94. The number of nitrogens with one attached hydrogen (secondary N) is 1. The van der Waals surface area contributed by atoms with E-state index in [2.05, 4.69) is 5.32 Å². The molecule has 2 aromatic heterocycles. The molecule has 3 rings (SSSR count). The summed E-state index contributed by atoms with van der Waals surface area (Å²) in [6, 6.07) is 16.0. The first-order valence-corrected chi connectivity index (χ1v) is 9.68. The van der Waals surface area contributed by atoms with Crippen molar-refractivity contribution < 1.29 is 14.3 Å². The smallest absolute Gasteiger partial charge is 0.340 e. The van der Waals surface area contributed by atoms with Crippen LogP contribution in [0, 0.1) is 11.3 Å². The fraction of sp³-hybridized carbons (Fsp3) is 0.0500. The molecule has 7 heteroatoms. The Bertz CT molecular complexity index is 1000. The molecule has 3 aromatic rings. The van der Waals surface area contributed by atoms with Crippen molar-refractivity contribution in [1.82, 2.24) is 0 Å². The van der Waals surface area contributed by atoms with E-state index in [1.165, 1.54) is 22.7 Å². The highest BCUT2D eigenvalue weighted by atomic mass is 32.1. The number of nitriles is 1. The molecule has 1 N–H and O–H groups in total. The van der Waals surface area contributed by atoms with Crippen molar-refractivity contribution in [1.29, 1.82) is 5.26 Å². The molecular formula is C20H14N2O3S2. The molecule has 0 unspecified atom stereocenters. The van der Waals surface area contributed by atoms with Crippen LogP contribution >= 0.6 is 22.7 Å². The van der Waals surface area contributed by atoms with E-state index in [0.29, 0.717) is 16.8 Å². The van der Waals surface area contributed by atoms with Gasteiger partial charge in [0.05, 0.1) is 17.2 Å². The van der Waals surface area contributed by atoms with E-state index in [9.17, 15) is 9.59 Å². The maximum Gasteiger partial charge on any atom is 0.340 e. The van der Waals surface area contributed by atoms with Gasteiger partial charge in [-0.05, 0) is 47.2 Å². The SMILES string of the molecule is N#Cc1cccc(NC(=O)COC(=O)/C(=C/c2cccs2)c2cccs2)c1. The minimum atomic E-state index is -0.563. The molecule has 0 bridgehead atoms. The summed E-state index contributed by atoms with van der Waals surface area (Å²) in [5.74, 6) is -1.04. The zero-order valence-corrected chi connectivity index (χ0v) is 15.7. The molecule has 0 atom stereocenters. The van der Waals surface area contributed by atoms with Gasteiger partial charge in [0.2, 0.25) is 0 Å². The lowest BCUT2D eigenvalue weighted by Crippen LogP contribution is -2.21. The van der Waals surface area contributed by atoms with Gasteiger partial charge in [0, 0.05) is 15.4 Å². The third-order valence-corrected chi connectivity index (χ3v) is 5.17. The van der Waals surface area contributed by atoms with Gasteiger partial charge in [-0.15, -0.1) is 22.7 Å². The van der Waals surface area contributed by atoms with Crippen molar-refractivity contribution >= 4 is 51.9 Å². The van der Waals surface area contributed by atoms with E-state index in [0.717, 1.165) is 9.75 Å². The van der Waals surface area contributed by atoms with E-state index in [1.807, 2.05) is 41.1 Å². The van der Waals surface area contributed by atoms with Crippen molar-refractivity contribution in [3.8, 4) is 6.07 Å². The zero-order valence-electron chi connectivity index (χ0n) is 14.0. The van der Waals surface area contributed by atoms with Gasteiger partial charge in [0.25, 0.3) is 5.91 Å². The summed E-state index contributed by atoms with van der Waals surface area (Å²) in [5, 5.41) is 15.3. The predicted octanol–water partition coefficient (Wildman–Crippen LogP) is 4.40. The topological polar surface area (TPSA) is 79.2 Å². The Morgan fingerprint density at radius 2 is 1.93 bits per heavy atom. The van der Waals surface area contributed by atoms with Gasteiger partial charge in [0.15, 0.2) is 6.61 Å². The maximum absolute atomic E-state index is 12.5. The van der Waals surface area contributed by atoms with Crippen LogP contribution in [0.15, 0.2) is 59.3 Å². The third-order valence-electron chi connectivity index (χ3n) is 3.45. The molecule has 2 heterocycles. The lowest BCUT2D eigenvalue weighted by molar-refractivity contribution is -0.141. The van der Waals surface area contributed by atoms with Crippen molar-refractivity contribution in [2.75, 3.05) is 11.9 Å². The average Bonchev–Trinajstić information content (AvgIpc) is 3.38. The van der Waals surface area contributed by atoms with Gasteiger partial charge in [-0.2, -0.15) is 5.26 Å². The number of ether oxygens (including phenoxy) is 1. The Labute approximate surface area is 164 Å². The molecule has 0 saturated heterocycles. The lowest BCUT2D eigenvalue weighted by atomic mass is 10.2. The quantitative estimate of drug-likeness (QED) is 0.496. The Morgan fingerprint density at radius 1 is 1.11 bits per heavy atom. The molecule has 27 heavy (non-hydrogen) atoms. The summed E-state index contributed by atoms with van der Waals surface area (Å²) in [6.45, 7) is -0.414. The van der Waals surface area contributed by atoms with E-state index < -0.39 is 18.5 Å². The third kappa shape index (κ3) is 5.14. The van der Waals surface area contributed by atoms with Gasteiger partial charge >= 0.3 is 5.97 Å². The number of amides is 1. The van der Waals surface area contributed by atoms with Crippen LogP contribution in [-0.2, 0) is 14.3 Å². The molecule has 1 amide bonds. The number of anilines is 1. The van der Waals surface area contributed by atoms with Crippen LogP contribution in [0.25, 0.3) is 11.6 Å². The number of carbonyl (C=O) groups is 2. The van der Waals surface area contributed by atoms with E-state index in [-0.39, 0.29) is 0 Å². The maximum atomic E-state index is 12.5. The summed E-state index contributed by atoms with van der Waals surface area (Å²) < 4.78 is 5.19. The number of hydrogen-bond donors (Lipinski definition) is 1. The van der Waals surface area contributed by atoms with Gasteiger partial charge in [-0.3, -0.25) is 4.79 Å². The summed E-state index contributed by atoms with van der Waals surface area (Å²) in [7, 11) is 0. The van der Waals surface area contributed by atoms with Crippen molar-refractivity contribution in [2.45, 2.75) is 0 Å². The Balaban J connectivity index is 1.65. The number of thiophene rings is 2. The Hall–Kier alpha value is -3.21. The van der Waals surface area contributed by atoms with Crippen LogP contribution in [-0.4, -0.2) is 18.5 Å². The molecule has 5 nitrogen and oxygen atoms in total. The predicted molar refractivity (Wildman–Crippen MR) is 107 cm³/mol. The standard InChI is InChI=1S/C20H14N2O3S2/c21-12-14-4-1-5-15(10-14)22-19(23)13-25-20(24)17(18-7-3-9-27-18)11-16-6-2-8-26-16/h1-11H,13H2,(H,22,23)/b17-11+. The largest absolute Gasteiger partial charge is 0.452 e. The highest BCUT2D eigenvalue weighted by Crippen LogP contribution is 2.25. The normalized spacial score (nSPS) is 10.9. The van der Waals surface area contributed by atoms with Crippen molar-refractivity contribution in [2.24, 2.45) is 0 Å². The second kappa shape index (κ2) is 8.94. The number of benzene rings is 1. The monoisotopic (exact) mass is 394 g/mol. The minimum absolute atomic E-state index is 0.409. The van der Waals surface area contributed by atoms with Crippen LogP contribution in [0.4, 0.5) is 5.69 Å². The van der Waals surface area contributed by atoms with Crippen molar-refractivity contribution in [3.63, 3.8) is 0 Å². The zero-order chi connectivity index (χ0) is 19.1. The van der Waals surface area contributed by atoms with Crippen LogP contribution in [0.1, 0.15) is 15.3 Å². The van der Waals surface area contributed by atoms with Gasteiger partial charge < -0.3 is 10.1 Å². The van der Waals surface area contributed by atoms with E-state index in [4.69, 9.17) is 10.00 Å². The van der Waals surface area contributed by atoms with E-state index in [1.54, 1.807) is 30.3 Å². The number of esters is 1.